The largest absolute Gasteiger partial charge is 0.440 e. The Morgan fingerprint density at radius 1 is 0.929 bits per heavy atom. The Kier molecular flexibility index (Phi) is 11.0. The smallest absolute Gasteiger partial charge is 0.350 e. The van der Waals surface area contributed by atoms with Gasteiger partial charge in [-0.25, -0.2) is 4.79 Å². The predicted molar refractivity (Wildman–Crippen MR) is 115 cm³/mol. The van der Waals surface area contributed by atoms with Crippen LogP contribution in [0.5, 0.6) is 0 Å². The molecule has 0 bridgehead atoms. The number of hydrogen-bond acceptors (Lipinski definition) is 4. The molecule has 2 aromatic rings. The highest BCUT2D eigenvalue weighted by molar-refractivity contribution is 5.72. The Balaban J connectivity index is 1.74. The molecule has 2 aromatic heterocycles. The van der Waals surface area contributed by atoms with E-state index in [0.29, 0.717) is 12.3 Å². The van der Waals surface area contributed by atoms with Gasteiger partial charge in [0.15, 0.2) is 0 Å². The number of furan rings is 1. The van der Waals surface area contributed by atoms with Gasteiger partial charge < -0.3 is 9.15 Å². The van der Waals surface area contributed by atoms with Crippen LogP contribution in [-0.4, -0.2) is 16.2 Å². The molecule has 0 N–H and O–H groups in total. The summed E-state index contributed by atoms with van der Waals surface area (Å²) >= 11 is 0. The SMILES string of the molecule is CCCCCCCCCCn1cc2cc(COCCCCCC)oc2nc1=O. The van der Waals surface area contributed by atoms with Crippen molar-refractivity contribution in [2.45, 2.75) is 104 Å². The third kappa shape index (κ3) is 8.17. The molecule has 0 aromatic carbocycles. The van der Waals surface area contributed by atoms with E-state index in [1.807, 2.05) is 12.3 Å². The Bertz CT molecular complexity index is 720. The first-order valence-corrected chi connectivity index (χ1v) is 11.3. The fourth-order valence-corrected chi connectivity index (χ4v) is 3.45. The van der Waals surface area contributed by atoms with Crippen LogP contribution in [0.4, 0.5) is 0 Å². The highest BCUT2D eigenvalue weighted by Gasteiger charge is 2.08. The number of aryl methyl sites for hydroxylation is 1. The van der Waals surface area contributed by atoms with Crippen LogP contribution in [0, 0.1) is 0 Å². The number of hydrogen-bond donors (Lipinski definition) is 0. The number of fused-ring (bicyclic) bond motifs is 1. The maximum absolute atomic E-state index is 12.2. The van der Waals surface area contributed by atoms with Gasteiger partial charge in [0.05, 0.1) is 5.39 Å². The zero-order valence-corrected chi connectivity index (χ0v) is 17.9. The molecule has 2 rings (SSSR count). The van der Waals surface area contributed by atoms with Crippen molar-refractivity contribution in [1.29, 1.82) is 0 Å². The lowest BCUT2D eigenvalue weighted by atomic mass is 10.1. The summed E-state index contributed by atoms with van der Waals surface area (Å²) in [6.45, 7) is 6.36. The molecule has 5 heteroatoms. The first kappa shape index (κ1) is 22.7. The average molecular weight is 391 g/mol. The van der Waals surface area contributed by atoms with Crippen molar-refractivity contribution in [3.8, 4) is 0 Å². The molecule has 0 spiro atoms. The van der Waals surface area contributed by atoms with Crippen LogP contribution in [0.1, 0.15) is 96.7 Å². The van der Waals surface area contributed by atoms with Crippen molar-refractivity contribution in [2.24, 2.45) is 0 Å². The topological polar surface area (TPSA) is 57.3 Å². The molecule has 0 aliphatic heterocycles. The molecule has 0 aliphatic carbocycles. The van der Waals surface area contributed by atoms with Crippen molar-refractivity contribution in [2.75, 3.05) is 6.61 Å². The first-order valence-electron chi connectivity index (χ1n) is 11.3. The van der Waals surface area contributed by atoms with Crippen LogP contribution in [0.3, 0.4) is 0 Å². The van der Waals surface area contributed by atoms with E-state index in [1.165, 1.54) is 64.2 Å². The van der Waals surface area contributed by atoms with Crippen molar-refractivity contribution >= 4 is 11.1 Å². The van der Waals surface area contributed by atoms with E-state index in [-0.39, 0.29) is 5.69 Å². The van der Waals surface area contributed by atoms with Gasteiger partial charge in [0.25, 0.3) is 0 Å². The number of nitrogens with zero attached hydrogens (tertiary/aromatic N) is 2. The predicted octanol–water partition coefficient (Wildman–Crippen LogP) is 6.23. The molecular formula is C23H38N2O3. The minimum Gasteiger partial charge on any atom is -0.440 e. The van der Waals surface area contributed by atoms with Crippen LogP contribution in [0.15, 0.2) is 21.5 Å². The summed E-state index contributed by atoms with van der Waals surface area (Å²) in [5.74, 6) is 0.738. The molecule has 2 heterocycles. The van der Waals surface area contributed by atoms with Crippen LogP contribution >= 0.6 is 0 Å². The van der Waals surface area contributed by atoms with Crippen molar-refractivity contribution in [3.63, 3.8) is 0 Å². The third-order valence-corrected chi connectivity index (χ3v) is 5.17. The Hall–Kier alpha value is -1.62. The second-order valence-corrected chi connectivity index (χ2v) is 7.78. The van der Waals surface area contributed by atoms with Gasteiger partial charge in [-0.1, -0.05) is 78.1 Å². The number of unbranched alkanes of at least 4 members (excludes halogenated alkanes) is 10. The molecule has 0 amide bonds. The summed E-state index contributed by atoms with van der Waals surface area (Å²) in [4.78, 5) is 16.3. The van der Waals surface area contributed by atoms with E-state index < -0.39 is 0 Å². The molecule has 0 aliphatic rings. The molecule has 0 unspecified atom stereocenters. The van der Waals surface area contributed by atoms with Gasteiger partial charge in [-0.05, 0) is 18.9 Å². The fourth-order valence-electron chi connectivity index (χ4n) is 3.45. The minimum absolute atomic E-state index is 0.225. The Labute approximate surface area is 169 Å². The lowest BCUT2D eigenvalue weighted by molar-refractivity contribution is 0.103. The lowest BCUT2D eigenvalue weighted by Crippen LogP contribution is -2.22. The summed E-state index contributed by atoms with van der Waals surface area (Å²) in [6.07, 6.45) is 16.7. The molecule has 0 saturated heterocycles. The minimum atomic E-state index is -0.225. The quantitative estimate of drug-likeness (QED) is 0.319. The Morgan fingerprint density at radius 2 is 1.57 bits per heavy atom. The van der Waals surface area contributed by atoms with Crippen molar-refractivity contribution in [3.05, 3.63) is 28.5 Å². The van der Waals surface area contributed by atoms with Gasteiger partial charge in [-0.15, -0.1) is 0 Å². The van der Waals surface area contributed by atoms with Gasteiger partial charge in [-0.3, -0.25) is 4.57 Å². The van der Waals surface area contributed by atoms with Gasteiger partial charge in [0.1, 0.15) is 12.4 Å². The normalized spacial score (nSPS) is 11.5. The van der Waals surface area contributed by atoms with Gasteiger partial charge in [-0.2, -0.15) is 4.98 Å². The zero-order valence-electron chi connectivity index (χ0n) is 17.9. The maximum atomic E-state index is 12.2. The second-order valence-electron chi connectivity index (χ2n) is 7.78. The van der Waals surface area contributed by atoms with E-state index in [0.717, 1.165) is 37.1 Å². The summed E-state index contributed by atoms with van der Waals surface area (Å²) in [6, 6.07) is 1.94. The van der Waals surface area contributed by atoms with Gasteiger partial charge in [0, 0.05) is 19.3 Å². The molecule has 5 nitrogen and oxygen atoms in total. The molecular weight excluding hydrogens is 352 g/mol. The molecule has 0 radical (unpaired) electrons. The Morgan fingerprint density at radius 3 is 2.29 bits per heavy atom. The second kappa shape index (κ2) is 13.5. The molecule has 0 atom stereocenters. The van der Waals surface area contributed by atoms with Crippen LogP contribution in [0.2, 0.25) is 0 Å². The number of aromatic nitrogens is 2. The molecule has 0 saturated carbocycles. The van der Waals surface area contributed by atoms with Gasteiger partial charge >= 0.3 is 5.69 Å². The van der Waals surface area contributed by atoms with E-state index in [9.17, 15) is 4.79 Å². The molecule has 28 heavy (non-hydrogen) atoms. The van der Waals surface area contributed by atoms with Gasteiger partial charge in [0.2, 0.25) is 5.71 Å². The average Bonchev–Trinajstić information content (AvgIpc) is 3.08. The van der Waals surface area contributed by atoms with Crippen LogP contribution in [-0.2, 0) is 17.9 Å². The van der Waals surface area contributed by atoms with Crippen molar-refractivity contribution < 1.29 is 9.15 Å². The van der Waals surface area contributed by atoms with E-state index in [4.69, 9.17) is 9.15 Å². The highest BCUT2D eigenvalue weighted by atomic mass is 16.5. The van der Waals surface area contributed by atoms with Crippen LogP contribution < -0.4 is 5.69 Å². The fraction of sp³-hybridized carbons (Fsp3) is 0.739. The summed E-state index contributed by atoms with van der Waals surface area (Å²) < 4.78 is 13.1. The first-order chi connectivity index (χ1) is 13.7. The molecule has 0 fully saturated rings. The summed E-state index contributed by atoms with van der Waals surface area (Å²) in [5.41, 5.74) is 0.193. The monoisotopic (exact) mass is 390 g/mol. The van der Waals surface area contributed by atoms with Crippen molar-refractivity contribution in [1.82, 2.24) is 9.55 Å². The highest BCUT2D eigenvalue weighted by Crippen LogP contribution is 2.17. The summed E-state index contributed by atoms with van der Waals surface area (Å²) in [5, 5.41) is 0.878. The molecule has 158 valence electrons. The van der Waals surface area contributed by atoms with E-state index in [2.05, 4.69) is 18.8 Å². The lowest BCUT2D eigenvalue weighted by Gasteiger charge is -2.05. The zero-order chi connectivity index (χ0) is 20.0. The number of ether oxygens (including phenoxy) is 1. The van der Waals surface area contributed by atoms with E-state index >= 15 is 0 Å². The number of rotatable bonds is 16. The summed E-state index contributed by atoms with van der Waals surface area (Å²) in [7, 11) is 0. The third-order valence-electron chi connectivity index (χ3n) is 5.17. The van der Waals surface area contributed by atoms with E-state index in [1.54, 1.807) is 4.57 Å². The van der Waals surface area contributed by atoms with Crippen LogP contribution in [0.25, 0.3) is 11.1 Å². The maximum Gasteiger partial charge on any atom is 0.350 e. The standard InChI is InChI=1S/C23H38N2O3/c1-3-5-7-9-10-11-12-13-15-25-18-20-17-21(28-22(20)24-23(25)26)19-27-16-14-8-6-4-2/h17-18H,3-16,19H2,1-2H3.